The van der Waals surface area contributed by atoms with Crippen LogP contribution in [-0.2, 0) is 16.0 Å². The van der Waals surface area contributed by atoms with Crippen molar-refractivity contribution in [2.75, 3.05) is 33.4 Å². The zero-order valence-corrected chi connectivity index (χ0v) is 15.0. The van der Waals surface area contributed by atoms with E-state index in [4.69, 9.17) is 9.47 Å². The Kier molecular flexibility index (Phi) is 8.67. The Labute approximate surface area is 146 Å². The van der Waals surface area contributed by atoms with E-state index in [-0.39, 0.29) is 5.91 Å². The van der Waals surface area contributed by atoms with Gasteiger partial charge in [-0.1, -0.05) is 37.5 Å². The topological polar surface area (TPSA) is 38.8 Å². The van der Waals surface area contributed by atoms with Crippen LogP contribution in [0, 0.1) is 0 Å². The van der Waals surface area contributed by atoms with Crippen molar-refractivity contribution in [1.82, 2.24) is 4.90 Å². The number of amides is 1. The first-order valence-corrected chi connectivity index (χ1v) is 9.28. The van der Waals surface area contributed by atoms with Gasteiger partial charge < -0.3 is 14.4 Å². The van der Waals surface area contributed by atoms with Crippen LogP contribution in [0.5, 0.6) is 5.75 Å². The van der Waals surface area contributed by atoms with Gasteiger partial charge in [-0.25, -0.2) is 0 Å². The third-order valence-electron chi connectivity index (χ3n) is 4.55. The molecule has 134 valence electrons. The number of rotatable bonds is 3. The van der Waals surface area contributed by atoms with Crippen LogP contribution in [0.1, 0.15) is 50.5 Å². The number of carbonyl (C=O) groups excluding carboxylic acids is 1. The minimum atomic E-state index is 0.198. The molecule has 2 rings (SSSR count). The van der Waals surface area contributed by atoms with E-state index >= 15 is 0 Å². The molecule has 0 fully saturated rings. The lowest BCUT2D eigenvalue weighted by atomic mass is 10.0. The van der Waals surface area contributed by atoms with E-state index < -0.39 is 0 Å². The summed E-state index contributed by atoms with van der Waals surface area (Å²) in [5.41, 5.74) is 1.31. The Morgan fingerprint density at radius 3 is 2.71 bits per heavy atom. The Morgan fingerprint density at radius 2 is 1.83 bits per heavy atom. The third-order valence-corrected chi connectivity index (χ3v) is 4.55. The second kappa shape index (κ2) is 11.1. The molecule has 0 radical (unpaired) electrons. The molecule has 0 bridgehead atoms. The molecule has 4 heteroatoms. The van der Waals surface area contributed by atoms with Gasteiger partial charge in [0.25, 0.3) is 0 Å². The second-order valence-corrected chi connectivity index (χ2v) is 6.45. The molecule has 4 nitrogen and oxygen atoms in total. The van der Waals surface area contributed by atoms with Crippen LogP contribution in [0.15, 0.2) is 24.3 Å². The molecule has 0 unspecified atom stereocenters. The number of para-hydroxylation sites is 1. The summed E-state index contributed by atoms with van der Waals surface area (Å²) in [4.78, 5) is 14.3. The maximum atomic E-state index is 12.3. The van der Waals surface area contributed by atoms with Crippen molar-refractivity contribution >= 4 is 5.91 Å². The maximum absolute atomic E-state index is 12.3. The molecule has 0 spiro atoms. The molecule has 1 heterocycles. The minimum Gasteiger partial charge on any atom is -0.493 e. The summed E-state index contributed by atoms with van der Waals surface area (Å²) in [6.07, 6.45) is 8.42. The van der Waals surface area contributed by atoms with Gasteiger partial charge in [-0.15, -0.1) is 0 Å². The molecular weight excluding hydrogens is 302 g/mol. The van der Waals surface area contributed by atoms with Crippen molar-refractivity contribution in [2.45, 2.75) is 51.4 Å². The molecule has 0 N–H and O–H groups in total. The molecule has 0 atom stereocenters. The van der Waals surface area contributed by atoms with Gasteiger partial charge in [0.15, 0.2) is 0 Å². The zero-order valence-electron chi connectivity index (χ0n) is 15.0. The highest BCUT2D eigenvalue weighted by atomic mass is 16.5. The number of benzene rings is 1. The molecule has 1 aliphatic rings. The first-order valence-electron chi connectivity index (χ1n) is 9.28. The van der Waals surface area contributed by atoms with Gasteiger partial charge in [0.2, 0.25) is 5.91 Å². The van der Waals surface area contributed by atoms with Crippen molar-refractivity contribution in [3.05, 3.63) is 29.8 Å². The molecular formula is C20H31NO3. The summed E-state index contributed by atoms with van der Waals surface area (Å²) in [5.74, 6) is 1.20. The second-order valence-electron chi connectivity index (χ2n) is 6.45. The lowest BCUT2D eigenvalue weighted by Gasteiger charge is -2.23. The predicted molar refractivity (Wildman–Crippen MR) is 96.4 cm³/mol. The first-order chi connectivity index (χ1) is 11.8. The number of aryl methyl sites for hydroxylation is 1. The van der Waals surface area contributed by atoms with Gasteiger partial charge in [-0.3, -0.25) is 4.79 Å². The normalized spacial score (nSPS) is 17.5. The maximum Gasteiger partial charge on any atom is 0.224 e. The summed E-state index contributed by atoms with van der Waals surface area (Å²) in [6, 6.07) is 8.34. The standard InChI is InChI=1S/C20H31NO3/c1-23-17-13-20(22)21-14-8-4-2-3-5-10-18-11-6-7-12-19(18)24-16-9-15-21/h6-7,11-12H,2-5,8-10,13-17H2,1H3. The summed E-state index contributed by atoms with van der Waals surface area (Å²) in [7, 11) is 1.64. The van der Waals surface area contributed by atoms with Crippen LogP contribution in [0.4, 0.5) is 0 Å². The van der Waals surface area contributed by atoms with Crippen molar-refractivity contribution in [3.63, 3.8) is 0 Å². The Balaban J connectivity index is 1.93. The van der Waals surface area contributed by atoms with Crippen LogP contribution >= 0.6 is 0 Å². The van der Waals surface area contributed by atoms with E-state index in [0.29, 0.717) is 19.6 Å². The van der Waals surface area contributed by atoms with E-state index in [2.05, 4.69) is 18.2 Å². The number of nitrogens with zero attached hydrogens (tertiary/aromatic N) is 1. The largest absolute Gasteiger partial charge is 0.493 e. The number of fused-ring (bicyclic) bond motifs is 1. The van der Waals surface area contributed by atoms with Gasteiger partial charge in [0, 0.05) is 20.2 Å². The highest BCUT2D eigenvalue weighted by molar-refractivity contribution is 5.76. The molecule has 0 aliphatic carbocycles. The van der Waals surface area contributed by atoms with E-state index in [1.807, 2.05) is 11.0 Å². The lowest BCUT2D eigenvalue weighted by molar-refractivity contribution is -0.132. The van der Waals surface area contributed by atoms with Crippen molar-refractivity contribution in [1.29, 1.82) is 0 Å². The number of hydrogen-bond acceptors (Lipinski definition) is 3. The van der Waals surface area contributed by atoms with Gasteiger partial charge >= 0.3 is 0 Å². The monoisotopic (exact) mass is 333 g/mol. The van der Waals surface area contributed by atoms with Gasteiger partial charge in [0.1, 0.15) is 5.75 Å². The molecule has 24 heavy (non-hydrogen) atoms. The molecule has 1 aromatic rings. The smallest absolute Gasteiger partial charge is 0.224 e. The number of carbonyl (C=O) groups is 1. The fourth-order valence-corrected chi connectivity index (χ4v) is 3.15. The van der Waals surface area contributed by atoms with E-state index in [0.717, 1.165) is 38.1 Å². The molecule has 1 aliphatic heterocycles. The highest BCUT2D eigenvalue weighted by Crippen LogP contribution is 2.21. The first kappa shape index (κ1) is 18.8. The third kappa shape index (κ3) is 6.52. The van der Waals surface area contributed by atoms with Gasteiger partial charge in [0.05, 0.1) is 19.6 Å². The molecule has 1 amide bonds. The summed E-state index contributed by atoms with van der Waals surface area (Å²) in [5, 5.41) is 0. The van der Waals surface area contributed by atoms with Crippen LogP contribution < -0.4 is 4.74 Å². The average molecular weight is 333 g/mol. The quantitative estimate of drug-likeness (QED) is 0.844. The Morgan fingerprint density at radius 1 is 1.08 bits per heavy atom. The van der Waals surface area contributed by atoms with Crippen LogP contribution in [0.3, 0.4) is 0 Å². The van der Waals surface area contributed by atoms with Crippen molar-refractivity contribution in [3.8, 4) is 5.75 Å². The predicted octanol–water partition coefficient (Wildman–Crippen LogP) is 3.83. The van der Waals surface area contributed by atoms with Gasteiger partial charge in [-0.05, 0) is 37.3 Å². The van der Waals surface area contributed by atoms with E-state index in [9.17, 15) is 4.79 Å². The fraction of sp³-hybridized carbons (Fsp3) is 0.650. The lowest BCUT2D eigenvalue weighted by Crippen LogP contribution is -2.34. The van der Waals surface area contributed by atoms with Crippen molar-refractivity contribution in [2.24, 2.45) is 0 Å². The number of hydrogen-bond donors (Lipinski definition) is 0. The number of ether oxygens (including phenoxy) is 2. The molecule has 0 aromatic heterocycles. The SMILES string of the molecule is COCCC(=O)N1CCCCCCCc2ccccc2OCCC1. The van der Waals surface area contributed by atoms with Crippen LogP contribution in [-0.4, -0.2) is 44.2 Å². The van der Waals surface area contributed by atoms with Crippen LogP contribution in [0.2, 0.25) is 0 Å². The summed E-state index contributed by atoms with van der Waals surface area (Å²) in [6.45, 7) is 2.79. The summed E-state index contributed by atoms with van der Waals surface area (Å²) >= 11 is 0. The number of methoxy groups -OCH3 is 1. The summed E-state index contributed by atoms with van der Waals surface area (Å²) < 4.78 is 11.0. The Bertz CT molecular complexity index is 490. The molecule has 1 aromatic carbocycles. The highest BCUT2D eigenvalue weighted by Gasteiger charge is 2.13. The van der Waals surface area contributed by atoms with E-state index in [1.165, 1.54) is 31.2 Å². The zero-order chi connectivity index (χ0) is 17.0. The van der Waals surface area contributed by atoms with Crippen LogP contribution in [0.25, 0.3) is 0 Å². The molecule has 0 saturated heterocycles. The average Bonchev–Trinajstić information content (AvgIpc) is 2.61. The minimum absolute atomic E-state index is 0.198. The molecule has 0 saturated carbocycles. The Hall–Kier alpha value is -1.55. The van der Waals surface area contributed by atoms with E-state index in [1.54, 1.807) is 7.11 Å². The fourth-order valence-electron chi connectivity index (χ4n) is 3.15. The van der Waals surface area contributed by atoms with Gasteiger partial charge in [-0.2, -0.15) is 0 Å². The van der Waals surface area contributed by atoms with Crippen molar-refractivity contribution < 1.29 is 14.3 Å².